The van der Waals surface area contributed by atoms with Crippen molar-refractivity contribution in [2.24, 2.45) is 0 Å². The van der Waals surface area contributed by atoms with Crippen LogP contribution in [0.15, 0.2) is 57.9 Å². The summed E-state index contributed by atoms with van der Waals surface area (Å²) in [6.07, 6.45) is 0. The van der Waals surface area contributed by atoms with Crippen molar-refractivity contribution in [1.82, 2.24) is 4.72 Å². The fraction of sp³-hybridized carbons (Fsp3) is 0.143. The summed E-state index contributed by atoms with van der Waals surface area (Å²) < 4.78 is 27.7. The molecule has 0 saturated heterocycles. The van der Waals surface area contributed by atoms with Gasteiger partial charge in [0.15, 0.2) is 0 Å². The second-order valence-corrected chi connectivity index (χ2v) is 6.99. The van der Waals surface area contributed by atoms with E-state index in [1.807, 2.05) is 6.07 Å². The van der Waals surface area contributed by atoms with E-state index in [1.54, 1.807) is 24.3 Å². The van der Waals surface area contributed by atoms with Crippen molar-refractivity contribution >= 4 is 31.6 Å². The van der Waals surface area contributed by atoms with E-state index in [9.17, 15) is 13.5 Å². The molecule has 2 rings (SSSR count). The molecule has 0 fully saturated rings. The molecule has 0 heterocycles. The van der Waals surface area contributed by atoms with E-state index in [-0.39, 0.29) is 11.5 Å². The Morgan fingerprint density at radius 1 is 1.19 bits per heavy atom. The standard InChI is InChI=1S/C14H15BrN2O3S/c15-12-8-11(16)6-7-14(12)21(19,20)17-13(9-18)10-4-2-1-3-5-10/h1-8,13,17-18H,9,16H2. The largest absolute Gasteiger partial charge is 0.399 e. The fourth-order valence-electron chi connectivity index (χ4n) is 1.88. The van der Waals surface area contributed by atoms with Gasteiger partial charge in [0.05, 0.1) is 17.5 Å². The van der Waals surface area contributed by atoms with Crippen LogP contribution in [0.2, 0.25) is 0 Å². The van der Waals surface area contributed by atoms with Crippen LogP contribution in [0.5, 0.6) is 0 Å². The number of hydrogen-bond donors (Lipinski definition) is 3. The first-order valence-corrected chi connectivity index (χ1v) is 8.45. The first-order chi connectivity index (χ1) is 9.94. The molecule has 2 aromatic rings. The predicted octanol–water partition coefficient (Wildman–Crippen LogP) is 2.04. The Hall–Kier alpha value is -1.41. The lowest BCUT2D eigenvalue weighted by molar-refractivity contribution is 0.259. The number of aliphatic hydroxyl groups is 1. The van der Waals surface area contributed by atoms with Gasteiger partial charge in [-0.2, -0.15) is 0 Å². The summed E-state index contributed by atoms with van der Waals surface area (Å²) in [5.74, 6) is 0. The van der Waals surface area contributed by atoms with Gasteiger partial charge in [0.25, 0.3) is 0 Å². The third kappa shape index (κ3) is 3.82. The second-order valence-electron chi connectivity index (χ2n) is 4.46. The summed E-state index contributed by atoms with van der Waals surface area (Å²) in [6, 6.07) is 12.6. The van der Waals surface area contributed by atoms with Crippen LogP contribution in [0.25, 0.3) is 0 Å². The van der Waals surface area contributed by atoms with Gasteiger partial charge >= 0.3 is 0 Å². The number of sulfonamides is 1. The van der Waals surface area contributed by atoms with Crippen molar-refractivity contribution in [2.75, 3.05) is 12.3 Å². The maximum absolute atomic E-state index is 12.4. The van der Waals surface area contributed by atoms with Crippen molar-refractivity contribution < 1.29 is 13.5 Å². The molecule has 2 aromatic carbocycles. The Labute approximate surface area is 132 Å². The highest BCUT2D eigenvalue weighted by Gasteiger charge is 2.22. The molecule has 7 heteroatoms. The van der Waals surface area contributed by atoms with Crippen LogP contribution in [0.3, 0.4) is 0 Å². The minimum Gasteiger partial charge on any atom is -0.399 e. The van der Waals surface area contributed by atoms with Crippen LogP contribution in [0.4, 0.5) is 5.69 Å². The number of aliphatic hydroxyl groups excluding tert-OH is 1. The number of anilines is 1. The molecule has 1 atom stereocenters. The van der Waals surface area contributed by atoms with Crippen molar-refractivity contribution in [1.29, 1.82) is 0 Å². The Bertz CT molecular complexity index is 720. The predicted molar refractivity (Wildman–Crippen MR) is 85.1 cm³/mol. The summed E-state index contributed by atoms with van der Waals surface area (Å²) in [5, 5.41) is 9.44. The smallest absolute Gasteiger partial charge is 0.242 e. The van der Waals surface area contributed by atoms with Crippen molar-refractivity contribution in [3.05, 3.63) is 58.6 Å². The topological polar surface area (TPSA) is 92.4 Å². The van der Waals surface area contributed by atoms with E-state index in [2.05, 4.69) is 20.7 Å². The lowest BCUT2D eigenvalue weighted by Crippen LogP contribution is -2.31. The molecule has 0 spiro atoms. The highest BCUT2D eigenvalue weighted by atomic mass is 79.9. The van der Waals surface area contributed by atoms with Gasteiger partial charge < -0.3 is 10.8 Å². The molecule has 4 N–H and O–H groups in total. The lowest BCUT2D eigenvalue weighted by atomic mass is 10.1. The third-order valence-corrected chi connectivity index (χ3v) is 5.38. The molecule has 0 amide bonds. The number of nitrogens with two attached hydrogens (primary N) is 1. The minimum atomic E-state index is -3.78. The van der Waals surface area contributed by atoms with Gasteiger partial charge in [-0.05, 0) is 39.7 Å². The molecular weight excluding hydrogens is 356 g/mol. The van der Waals surface area contributed by atoms with Gasteiger partial charge in [-0.1, -0.05) is 30.3 Å². The number of nitrogens with one attached hydrogen (secondary N) is 1. The molecule has 1 unspecified atom stereocenters. The number of rotatable bonds is 5. The monoisotopic (exact) mass is 370 g/mol. The average Bonchev–Trinajstić information content (AvgIpc) is 2.45. The highest BCUT2D eigenvalue weighted by molar-refractivity contribution is 9.10. The maximum atomic E-state index is 12.4. The normalized spacial score (nSPS) is 13.0. The number of nitrogen functional groups attached to an aromatic ring is 1. The fourth-order valence-corrected chi connectivity index (χ4v) is 4.19. The van der Waals surface area contributed by atoms with Crippen LogP contribution in [-0.4, -0.2) is 20.1 Å². The van der Waals surface area contributed by atoms with Crippen LogP contribution >= 0.6 is 15.9 Å². The van der Waals surface area contributed by atoms with Gasteiger partial charge in [0.1, 0.15) is 0 Å². The van der Waals surface area contributed by atoms with Crippen LogP contribution in [-0.2, 0) is 10.0 Å². The molecule has 0 aliphatic heterocycles. The minimum absolute atomic E-state index is 0.0751. The summed E-state index contributed by atoms with van der Waals surface area (Å²) in [5.41, 5.74) is 6.75. The first kappa shape index (κ1) is 16.0. The summed E-state index contributed by atoms with van der Waals surface area (Å²) in [7, 11) is -3.78. The molecule has 112 valence electrons. The summed E-state index contributed by atoms with van der Waals surface area (Å²) in [6.45, 7) is -0.337. The van der Waals surface area contributed by atoms with Gasteiger partial charge in [-0.15, -0.1) is 0 Å². The Balaban J connectivity index is 2.32. The Morgan fingerprint density at radius 2 is 1.86 bits per heavy atom. The zero-order valence-electron chi connectivity index (χ0n) is 11.0. The third-order valence-electron chi connectivity index (χ3n) is 2.93. The van der Waals surface area contributed by atoms with E-state index >= 15 is 0 Å². The van der Waals surface area contributed by atoms with Crippen molar-refractivity contribution in [3.63, 3.8) is 0 Å². The molecule has 0 saturated carbocycles. The molecule has 5 nitrogen and oxygen atoms in total. The zero-order valence-corrected chi connectivity index (χ0v) is 13.4. The van der Waals surface area contributed by atoms with Gasteiger partial charge in [-0.25, -0.2) is 13.1 Å². The number of halogens is 1. The zero-order chi connectivity index (χ0) is 15.5. The van der Waals surface area contributed by atoms with Gasteiger partial charge in [-0.3, -0.25) is 0 Å². The van der Waals surface area contributed by atoms with E-state index in [0.29, 0.717) is 15.7 Å². The molecule has 0 aliphatic rings. The molecule has 0 bridgehead atoms. The van der Waals surface area contributed by atoms with Crippen molar-refractivity contribution in [3.8, 4) is 0 Å². The van der Waals surface area contributed by atoms with E-state index in [0.717, 1.165) is 0 Å². The van der Waals surface area contributed by atoms with E-state index in [1.165, 1.54) is 18.2 Å². The molecule has 0 aromatic heterocycles. The van der Waals surface area contributed by atoms with Crippen molar-refractivity contribution in [2.45, 2.75) is 10.9 Å². The quantitative estimate of drug-likeness (QED) is 0.702. The lowest BCUT2D eigenvalue weighted by Gasteiger charge is -2.17. The van der Waals surface area contributed by atoms with Crippen LogP contribution < -0.4 is 10.5 Å². The molecular formula is C14H15BrN2O3S. The number of benzene rings is 2. The van der Waals surface area contributed by atoms with Crippen LogP contribution in [0, 0.1) is 0 Å². The number of hydrogen-bond acceptors (Lipinski definition) is 4. The Morgan fingerprint density at radius 3 is 2.43 bits per heavy atom. The summed E-state index contributed by atoms with van der Waals surface area (Å²) >= 11 is 3.19. The molecule has 0 aliphatic carbocycles. The first-order valence-electron chi connectivity index (χ1n) is 6.17. The van der Waals surface area contributed by atoms with E-state index in [4.69, 9.17) is 5.73 Å². The van der Waals surface area contributed by atoms with E-state index < -0.39 is 16.1 Å². The maximum Gasteiger partial charge on any atom is 0.242 e. The second kappa shape index (κ2) is 6.57. The van der Waals surface area contributed by atoms with Gasteiger partial charge in [0.2, 0.25) is 10.0 Å². The SMILES string of the molecule is Nc1ccc(S(=O)(=O)NC(CO)c2ccccc2)c(Br)c1. The Kier molecular flexibility index (Phi) is 5.00. The molecule has 21 heavy (non-hydrogen) atoms. The molecule has 0 radical (unpaired) electrons. The van der Waals surface area contributed by atoms with Crippen LogP contribution in [0.1, 0.15) is 11.6 Å². The highest BCUT2D eigenvalue weighted by Crippen LogP contribution is 2.25. The average molecular weight is 371 g/mol. The summed E-state index contributed by atoms with van der Waals surface area (Å²) in [4.78, 5) is 0.0751. The van der Waals surface area contributed by atoms with Gasteiger partial charge in [0, 0.05) is 10.2 Å².